The van der Waals surface area contributed by atoms with Gasteiger partial charge < -0.3 is 14.4 Å². The standard InChI is InChI=1S/C22H23F3N2O3/c23-22(24,25)18-6-4-5-17(11-18)12-26-9-10-30-21(14-26)15-27(20(28)13-29-16-21)19-7-2-1-3-8-19/h1-8,11H,9-10,12-16H2. The van der Waals surface area contributed by atoms with Crippen molar-refractivity contribution in [3.63, 3.8) is 0 Å². The highest BCUT2D eigenvalue weighted by Gasteiger charge is 2.42. The number of benzene rings is 2. The maximum absolute atomic E-state index is 13.0. The predicted octanol–water partition coefficient (Wildman–Crippen LogP) is 3.34. The molecule has 0 saturated carbocycles. The molecule has 1 atom stereocenters. The van der Waals surface area contributed by atoms with Crippen molar-refractivity contribution >= 4 is 11.6 Å². The minimum Gasteiger partial charge on any atom is -0.368 e. The van der Waals surface area contributed by atoms with Gasteiger partial charge in [0, 0.05) is 25.3 Å². The summed E-state index contributed by atoms with van der Waals surface area (Å²) in [5, 5.41) is 0. The number of ether oxygens (including phenoxy) is 2. The second-order valence-corrected chi connectivity index (χ2v) is 7.75. The normalized spacial score (nSPS) is 23.6. The summed E-state index contributed by atoms with van der Waals surface area (Å²) in [5.41, 5.74) is -0.0259. The SMILES string of the molecule is O=C1COCC2(CN(Cc3cccc(C(F)(F)F)c3)CCO2)CN1c1ccccc1. The highest BCUT2D eigenvalue weighted by atomic mass is 19.4. The molecule has 2 aromatic carbocycles. The van der Waals surface area contributed by atoms with Crippen LogP contribution >= 0.6 is 0 Å². The van der Waals surface area contributed by atoms with Crippen LogP contribution in [-0.4, -0.2) is 55.9 Å². The number of halogens is 3. The lowest BCUT2D eigenvalue weighted by Crippen LogP contribution is -2.59. The average Bonchev–Trinajstić information content (AvgIpc) is 2.87. The van der Waals surface area contributed by atoms with Crippen LogP contribution in [0.4, 0.5) is 18.9 Å². The third-order valence-corrected chi connectivity index (χ3v) is 5.39. The Morgan fingerprint density at radius 2 is 1.83 bits per heavy atom. The zero-order chi connectivity index (χ0) is 21.2. The molecule has 1 amide bonds. The van der Waals surface area contributed by atoms with Gasteiger partial charge in [0.2, 0.25) is 0 Å². The second-order valence-electron chi connectivity index (χ2n) is 7.75. The van der Waals surface area contributed by atoms with Crippen molar-refractivity contribution in [2.45, 2.75) is 18.3 Å². The number of amides is 1. The minimum atomic E-state index is -4.37. The molecule has 2 aliphatic rings. The summed E-state index contributed by atoms with van der Waals surface area (Å²) in [7, 11) is 0. The van der Waals surface area contributed by atoms with E-state index >= 15 is 0 Å². The van der Waals surface area contributed by atoms with Gasteiger partial charge in [0.25, 0.3) is 5.91 Å². The van der Waals surface area contributed by atoms with Crippen molar-refractivity contribution in [2.75, 3.05) is 44.4 Å². The van der Waals surface area contributed by atoms with Crippen LogP contribution in [0, 0.1) is 0 Å². The van der Waals surface area contributed by atoms with E-state index in [0.717, 1.165) is 11.8 Å². The summed E-state index contributed by atoms with van der Waals surface area (Å²) in [6, 6.07) is 14.7. The van der Waals surface area contributed by atoms with Crippen molar-refractivity contribution in [3.8, 4) is 0 Å². The van der Waals surface area contributed by atoms with Crippen LogP contribution < -0.4 is 4.90 Å². The van der Waals surface area contributed by atoms with Crippen molar-refractivity contribution in [2.24, 2.45) is 0 Å². The Morgan fingerprint density at radius 1 is 1.03 bits per heavy atom. The zero-order valence-corrected chi connectivity index (χ0v) is 16.4. The van der Waals surface area contributed by atoms with Crippen molar-refractivity contribution in [1.29, 1.82) is 0 Å². The summed E-state index contributed by atoms with van der Waals surface area (Å²) in [6.45, 7) is 2.38. The summed E-state index contributed by atoms with van der Waals surface area (Å²) in [6.07, 6.45) is -4.37. The Labute approximate surface area is 173 Å². The van der Waals surface area contributed by atoms with Crippen molar-refractivity contribution in [1.82, 2.24) is 4.90 Å². The van der Waals surface area contributed by atoms with Crippen LogP contribution in [0.2, 0.25) is 0 Å². The lowest BCUT2D eigenvalue weighted by Gasteiger charge is -2.43. The average molecular weight is 420 g/mol. The van der Waals surface area contributed by atoms with E-state index in [1.54, 1.807) is 11.0 Å². The summed E-state index contributed by atoms with van der Waals surface area (Å²) in [5.74, 6) is -0.142. The molecule has 0 N–H and O–H groups in total. The van der Waals surface area contributed by atoms with E-state index in [1.807, 2.05) is 30.3 Å². The van der Waals surface area contributed by atoms with Crippen LogP contribution in [0.25, 0.3) is 0 Å². The summed E-state index contributed by atoms with van der Waals surface area (Å²) in [4.78, 5) is 16.3. The second kappa shape index (κ2) is 8.37. The molecule has 2 heterocycles. The molecule has 1 unspecified atom stereocenters. The molecule has 2 aliphatic heterocycles. The van der Waals surface area contributed by atoms with Gasteiger partial charge in [-0.25, -0.2) is 0 Å². The molecule has 0 bridgehead atoms. The molecule has 30 heavy (non-hydrogen) atoms. The van der Waals surface area contributed by atoms with E-state index in [2.05, 4.69) is 4.90 Å². The number of nitrogens with zero attached hydrogens (tertiary/aromatic N) is 2. The fraction of sp³-hybridized carbons (Fsp3) is 0.409. The number of anilines is 1. The lowest BCUT2D eigenvalue weighted by molar-refractivity contribution is -0.138. The number of morpholine rings is 1. The first-order valence-electron chi connectivity index (χ1n) is 9.80. The molecule has 2 saturated heterocycles. The topological polar surface area (TPSA) is 42.0 Å². The van der Waals surface area contributed by atoms with E-state index in [9.17, 15) is 18.0 Å². The monoisotopic (exact) mass is 420 g/mol. The maximum Gasteiger partial charge on any atom is 0.416 e. The van der Waals surface area contributed by atoms with Gasteiger partial charge in [-0.2, -0.15) is 13.2 Å². The summed E-state index contributed by atoms with van der Waals surface area (Å²) >= 11 is 0. The number of para-hydroxylation sites is 1. The largest absolute Gasteiger partial charge is 0.416 e. The van der Waals surface area contributed by atoms with Gasteiger partial charge in [0.15, 0.2) is 0 Å². The molecular weight excluding hydrogens is 397 g/mol. The van der Waals surface area contributed by atoms with E-state index in [4.69, 9.17) is 9.47 Å². The Balaban J connectivity index is 1.51. The van der Waals surface area contributed by atoms with Crippen LogP contribution in [0.5, 0.6) is 0 Å². The molecule has 160 valence electrons. The minimum absolute atomic E-state index is 0.0341. The van der Waals surface area contributed by atoms with Gasteiger partial charge in [0.1, 0.15) is 12.2 Å². The number of hydrogen-bond donors (Lipinski definition) is 0. The van der Waals surface area contributed by atoms with E-state index in [1.165, 1.54) is 12.1 Å². The first-order valence-corrected chi connectivity index (χ1v) is 9.80. The number of carbonyl (C=O) groups is 1. The Bertz CT molecular complexity index is 891. The van der Waals surface area contributed by atoms with E-state index < -0.39 is 17.3 Å². The van der Waals surface area contributed by atoms with Crippen LogP contribution in [0.15, 0.2) is 54.6 Å². The molecule has 0 aromatic heterocycles. The van der Waals surface area contributed by atoms with E-state index in [0.29, 0.717) is 38.3 Å². The summed E-state index contributed by atoms with van der Waals surface area (Å²) < 4.78 is 50.8. The van der Waals surface area contributed by atoms with Crippen LogP contribution in [0.1, 0.15) is 11.1 Å². The fourth-order valence-electron chi connectivity index (χ4n) is 4.01. The molecule has 0 aliphatic carbocycles. The Kier molecular flexibility index (Phi) is 5.81. The van der Waals surface area contributed by atoms with Gasteiger partial charge in [-0.3, -0.25) is 9.69 Å². The number of rotatable bonds is 3. The first kappa shape index (κ1) is 20.8. The maximum atomic E-state index is 13.0. The zero-order valence-electron chi connectivity index (χ0n) is 16.4. The highest BCUT2D eigenvalue weighted by molar-refractivity contribution is 5.94. The van der Waals surface area contributed by atoms with Gasteiger partial charge in [-0.1, -0.05) is 36.4 Å². The number of alkyl halides is 3. The van der Waals surface area contributed by atoms with Crippen molar-refractivity contribution < 1.29 is 27.4 Å². The molecule has 1 spiro atoms. The molecule has 2 aromatic rings. The van der Waals surface area contributed by atoms with Crippen LogP contribution in [0.3, 0.4) is 0 Å². The molecule has 4 rings (SSSR count). The van der Waals surface area contributed by atoms with Gasteiger partial charge in [0.05, 0.1) is 25.3 Å². The Hall–Kier alpha value is -2.42. The lowest BCUT2D eigenvalue weighted by atomic mass is 10.0. The third-order valence-electron chi connectivity index (χ3n) is 5.39. The van der Waals surface area contributed by atoms with Crippen LogP contribution in [-0.2, 0) is 27.0 Å². The van der Waals surface area contributed by atoms with E-state index in [-0.39, 0.29) is 19.1 Å². The molecule has 0 radical (unpaired) electrons. The Morgan fingerprint density at radius 3 is 2.60 bits per heavy atom. The molecule has 8 heteroatoms. The molecular formula is C22H23F3N2O3. The fourth-order valence-corrected chi connectivity index (χ4v) is 4.01. The molecule has 5 nitrogen and oxygen atoms in total. The quantitative estimate of drug-likeness (QED) is 0.764. The number of hydrogen-bond acceptors (Lipinski definition) is 4. The van der Waals surface area contributed by atoms with Gasteiger partial charge in [-0.15, -0.1) is 0 Å². The first-order chi connectivity index (χ1) is 14.3. The number of carbonyl (C=O) groups excluding carboxylic acids is 1. The highest BCUT2D eigenvalue weighted by Crippen LogP contribution is 2.31. The predicted molar refractivity (Wildman–Crippen MR) is 105 cm³/mol. The van der Waals surface area contributed by atoms with Gasteiger partial charge >= 0.3 is 6.18 Å². The van der Waals surface area contributed by atoms with Crippen molar-refractivity contribution in [3.05, 3.63) is 65.7 Å². The molecule has 2 fully saturated rings. The third kappa shape index (κ3) is 4.66. The van der Waals surface area contributed by atoms with Gasteiger partial charge in [-0.05, 0) is 23.8 Å². The smallest absolute Gasteiger partial charge is 0.368 e.